The van der Waals surface area contributed by atoms with Crippen LogP contribution < -0.4 is 10.5 Å². The Morgan fingerprint density at radius 1 is 1.16 bits per heavy atom. The van der Waals surface area contributed by atoms with Crippen molar-refractivity contribution in [1.29, 1.82) is 0 Å². The van der Waals surface area contributed by atoms with Gasteiger partial charge in [0.05, 0.1) is 23.0 Å². The molecule has 2 unspecified atom stereocenters. The summed E-state index contributed by atoms with van der Waals surface area (Å²) in [7, 11) is -3.61. The van der Waals surface area contributed by atoms with Crippen LogP contribution in [0.4, 0.5) is 0 Å². The first-order valence-electron chi connectivity index (χ1n) is 10.5. The average molecular weight is 453 g/mol. The molecule has 9 nitrogen and oxygen atoms in total. The molecular formula is C21H28N2O7S. The number of fused-ring (bicyclic) bond motifs is 4. The third-order valence-corrected chi connectivity index (χ3v) is 7.30. The van der Waals surface area contributed by atoms with E-state index in [1.165, 1.54) is 0 Å². The minimum absolute atomic E-state index is 0.0565. The molecule has 2 N–H and O–H groups in total. The Kier molecular flexibility index (Phi) is 4.70. The number of ether oxygens (including phenoxy) is 5. The summed E-state index contributed by atoms with van der Waals surface area (Å²) in [6.07, 6.45) is -0.485. The van der Waals surface area contributed by atoms with E-state index in [0.29, 0.717) is 16.9 Å². The molecule has 0 spiro atoms. The molecule has 170 valence electrons. The lowest BCUT2D eigenvalue weighted by Gasteiger charge is -2.38. The van der Waals surface area contributed by atoms with Gasteiger partial charge in [0.25, 0.3) is 10.0 Å². The van der Waals surface area contributed by atoms with Crippen molar-refractivity contribution < 1.29 is 32.1 Å². The molecular weight excluding hydrogens is 424 g/mol. The smallest absolute Gasteiger partial charge is 0.259 e. The Bertz CT molecular complexity index is 1040. The van der Waals surface area contributed by atoms with Crippen molar-refractivity contribution in [1.82, 2.24) is 0 Å². The van der Waals surface area contributed by atoms with E-state index in [1.807, 2.05) is 13.8 Å². The van der Waals surface area contributed by atoms with Crippen LogP contribution in [0.5, 0.6) is 5.75 Å². The van der Waals surface area contributed by atoms with Crippen LogP contribution in [0.15, 0.2) is 22.6 Å². The van der Waals surface area contributed by atoms with Crippen molar-refractivity contribution in [3.8, 4) is 5.75 Å². The number of nitrogens with zero attached hydrogens (tertiary/aromatic N) is 1. The standard InChI is InChI=1S/C21H28N2O7S/c1-20(2)8-12-14(27-19-17(16(12)28-20)29-21(3,4)30-19)9-26-13-7-5-6-11-10-31(24,25)23-18(22)15(11)13/h5-7,12,14,16-17,19H,8-10H2,1-4H3,(H2,22,23)/t12-,14?,16-,17?,19+/m0/s1. The fourth-order valence-corrected chi connectivity index (χ4v) is 6.16. The van der Waals surface area contributed by atoms with E-state index in [0.717, 1.165) is 6.42 Å². The van der Waals surface area contributed by atoms with E-state index in [-0.39, 0.29) is 48.0 Å². The van der Waals surface area contributed by atoms with Crippen LogP contribution >= 0.6 is 0 Å². The first-order chi connectivity index (χ1) is 14.4. The molecule has 0 aromatic heterocycles. The normalized spacial score (nSPS) is 36.8. The summed E-state index contributed by atoms with van der Waals surface area (Å²) in [4.78, 5) is 0. The van der Waals surface area contributed by atoms with Crippen molar-refractivity contribution in [2.45, 2.75) is 75.9 Å². The van der Waals surface area contributed by atoms with E-state index in [2.05, 4.69) is 18.2 Å². The van der Waals surface area contributed by atoms with Gasteiger partial charge in [0.2, 0.25) is 0 Å². The molecule has 31 heavy (non-hydrogen) atoms. The lowest BCUT2D eigenvalue weighted by atomic mass is 9.85. The van der Waals surface area contributed by atoms with E-state index in [1.54, 1.807) is 18.2 Å². The molecule has 0 amide bonds. The second-order valence-electron chi connectivity index (χ2n) is 9.66. The molecule has 5 rings (SSSR count). The van der Waals surface area contributed by atoms with Gasteiger partial charge in [0.15, 0.2) is 12.1 Å². The van der Waals surface area contributed by atoms with Crippen LogP contribution in [-0.4, -0.2) is 56.9 Å². The largest absolute Gasteiger partial charge is 0.490 e. The van der Waals surface area contributed by atoms with Crippen molar-refractivity contribution in [3.63, 3.8) is 0 Å². The van der Waals surface area contributed by atoms with E-state index in [4.69, 9.17) is 29.4 Å². The monoisotopic (exact) mass is 452 g/mol. The van der Waals surface area contributed by atoms with Gasteiger partial charge in [-0.05, 0) is 45.7 Å². The van der Waals surface area contributed by atoms with Gasteiger partial charge in [-0.15, -0.1) is 4.40 Å². The number of amidine groups is 1. The number of hydrogen-bond donors (Lipinski definition) is 1. The highest BCUT2D eigenvalue weighted by Crippen LogP contribution is 2.48. The molecule has 0 aliphatic carbocycles. The summed E-state index contributed by atoms with van der Waals surface area (Å²) in [5, 5.41) is 0. The lowest BCUT2D eigenvalue weighted by molar-refractivity contribution is -0.236. The van der Waals surface area contributed by atoms with Gasteiger partial charge in [-0.25, -0.2) is 8.42 Å². The van der Waals surface area contributed by atoms with Gasteiger partial charge < -0.3 is 29.4 Å². The van der Waals surface area contributed by atoms with Crippen molar-refractivity contribution in [2.75, 3.05) is 6.61 Å². The SMILES string of the molecule is CC1(C)C[C@H]2C(COc3cccc4c3C(N)=NS(=O)(=O)C4)O[C@@H]3OC(C)(C)OC3[C@H]2O1. The van der Waals surface area contributed by atoms with Gasteiger partial charge in [0.1, 0.15) is 30.4 Å². The predicted molar refractivity (Wildman–Crippen MR) is 111 cm³/mol. The maximum Gasteiger partial charge on any atom is 0.259 e. The fraction of sp³-hybridized carbons (Fsp3) is 0.667. The molecule has 0 saturated carbocycles. The van der Waals surface area contributed by atoms with E-state index in [9.17, 15) is 8.42 Å². The maximum atomic E-state index is 11.9. The van der Waals surface area contributed by atoms with Gasteiger partial charge in [-0.2, -0.15) is 0 Å². The molecule has 1 aromatic carbocycles. The van der Waals surface area contributed by atoms with Crippen LogP contribution in [0, 0.1) is 5.92 Å². The molecule has 5 atom stereocenters. The van der Waals surface area contributed by atoms with E-state index >= 15 is 0 Å². The molecule has 3 saturated heterocycles. The van der Waals surface area contributed by atoms with Gasteiger partial charge >= 0.3 is 0 Å². The highest BCUT2D eigenvalue weighted by molar-refractivity contribution is 7.89. The van der Waals surface area contributed by atoms with Gasteiger partial charge in [-0.3, -0.25) is 0 Å². The Labute approximate surface area is 181 Å². The quantitative estimate of drug-likeness (QED) is 0.736. The van der Waals surface area contributed by atoms with Crippen LogP contribution in [0.25, 0.3) is 0 Å². The summed E-state index contributed by atoms with van der Waals surface area (Å²) >= 11 is 0. The number of benzene rings is 1. The minimum atomic E-state index is -3.61. The third-order valence-electron chi connectivity index (χ3n) is 6.15. The van der Waals surface area contributed by atoms with Crippen molar-refractivity contribution in [3.05, 3.63) is 29.3 Å². The lowest BCUT2D eigenvalue weighted by Crippen LogP contribution is -2.53. The first-order valence-corrected chi connectivity index (χ1v) is 12.1. The Morgan fingerprint density at radius 3 is 2.71 bits per heavy atom. The van der Waals surface area contributed by atoms with Gasteiger partial charge in [0, 0.05) is 5.92 Å². The molecule has 3 fully saturated rings. The molecule has 4 aliphatic rings. The second kappa shape index (κ2) is 6.89. The predicted octanol–water partition coefficient (Wildman–Crippen LogP) is 1.67. The summed E-state index contributed by atoms with van der Waals surface area (Å²) in [5.41, 5.74) is 6.75. The zero-order valence-corrected chi connectivity index (χ0v) is 18.8. The van der Waals surface area contributed by atoms with Crippen molar-refractivity contribution >= 4 is 15.9 Å². The number of hydrogen-bond acceptors (Lipinski definition) is 8. The summed E-state index contributed by atoms with van der Waals surface area (Å²) in [6, 6.07) is 5.23. The van der Waals surface area contributed by atoms with Crippen LogP contribution in [0.3, 0.4) is 0 Å². The molecule has 10 heteroatoms. The molecule has 0 radical (unpaired) electrons. The second-order valence-corrected chi connectivity index (χ2v) is 11.3. The highest BCUT2D eigenvalue weighted by Gasteiger charge is 2.59. The maximum absolute atomic E-state index is 11.9. The summed E-state index contributed by atoms with van der Waals surface area (Å²) in [5.74, 6) is -0.450. The van der Waals surface area contributed by atoms with Crippen LogP contribution in [-0.2, 0) is 34.7 Å². The Morgan fingerprint density at radius 2 is 1.94 bits per heavy atom. The highest BCUT2D eigenvalue weighted by atomic mass is 32.2. The number of sulfonamides is 1. The fourth-order valence-electron chi connectivity index (χ4n) is 5.07. The molecule has 4 heterocycles. The minimum Gasteiger partial charge on any atom is -0.490 e. The first kappa shape index (κ1) is 21.1. The summed E-state index contributed by atoms with van der Waals surface area (Å²) in [6.45, 7) is 8.09. The van der Waals surface area contributed by atoms with Gasteiger partial charge in [-0.1, -0.05) is 12.1 Å². The zero-order valence-electron chi connectivity index (χ0n) is 18.0. The Hall–Kier alpha value is -1.72. The number of rotatable bonds is 3. The topological polar surface area (TPSA) is 119 Å². The third kappa shape index (κ3) is 3.84. The summed E-state index contributed by atoms with van der Waals surface area (Å²) < 4.78 is 58.2. The van der Waals surface area contributed by atoms with Crippen LogP contribution in [0.1, 0.15) is 45.2 Å². The van der Waals surface area contributed by atoms with Crippen molar-refractivity contribution in [2.24, 2.45) is 16.0 Å². The molecule has 4 aliphatic heterocycles. The average Bonchev–Trinajstić information content (AvgIpc) is 3.12. The Balaban J connectivity index is 1.39. The molecule has 0 bridgehead atoms. The zero-order chi connectivity index (χ0) is 22.2. The molecule has 1 aromatic rings. The number of nitrogens with two attached hydrogens (primary N) is 1. The van der Waals surface area contributed by atoms with E-state index < -0.39 is 22.1 Å². The van der Waals surface area contributed by atoms with Crippen LogP contribution in [0.2, 0.25) is 0 Å².